The predicted molar refractivity (Wildman–Crippen MR) is 138 cm³/mol. The van der Waals surface area contributed by atoms with Gasteiger partial charge in [0, 0.05) is 12.2 Å². The van der Waals surface area contributed by atoms with Gasteiger partial charge in [-0.15, -0.1) is 11.3 Å². The average Bonchev–Trinajstić information content (AvgIpc) is 3.15. The first-order chi connectivity index (χ1) is 16.3. The number of anilines is 1. The van der Waals surface area contributed by atoms with E-state index in [1.807, 2.05) is 70.2 Å². The summed E-state index contributed by atoms with van der Waals surface area (Å²) in [5.41, 5.74) is 4.59. The van der Waals surface area contributed by atoms with E-state index in [0.29, 0.717) is 33.8 Å². The minimum atomic E-state index is -0.216. The molecule has 0 saturated heterocycles. The molecule has 7 heteroatoms. The van der Waals surface area contributed by atoms with Crippen molar-refractivity contribution in [3.05, 3.63) is 86.3 Å². The van der Waals surface area contributed by atoms with E-state index < -0.39 is 0 Å². The molecule has 0 fully saturated rings. The van der Waals surface area contributed by atoms with Crippen LogP contribution >= 0.6 is 11.3 Å². The highest BCUT2D eigenvalue weighted by Crippen LogP contribution is 2.28. The van der Waals surface area contributed by atoms with Crippen LogP contribution in [0.2, 0.25) is 0 Å². The topological polar surface area (TPSA) is 73.2 Å². The van der Waals surface area contributed by atoms with Gasteiger partial charge >= 0.3 is 0 Å². The Bertz CT molecular complexity index is 1400. The van der Waals surface area contributed by atoms with Crippen molar-refractivity contribution in [2.45, 2.75) is 47.1 Å². The van der Waals surface area contributed by atoms with Crippen LogP contribution in [-0.2, 0) is 6.54 Å². The van der Waals surface area contributed by atoms with Gasteiger partial charge in [0.15, 0.2) is 0 Å². The fraction of sp³-hybridized carbons (Fsp3) is 0.296. The van der Waals surface area contributed by atoms with Crippen molar-refractivity contribution in [1.29, 1.82) is 0 Å². The van der Waals surface area contributed by atoms with Crippen molar-refractivity contribution in [2.24, 2.45) is 0 Å². The van der Waals surface area contributed by atoms with Crippen LogP contribution in [0.5, 0.6) is 5.75 Å². The van der Waals surface area contributed by atoms with Crippen molar-refractivity contribution in [2.75, 3.05) is 11.9 Å². The van der Waals surface area contributed by atoms with E-state index >= 15 is 0 Å². The Kier molecular flexibility index (Phi) is 7.12. The number of aryl methyl sites for hydroxylation is 5. The molecule has 1 N–H and O–H groups in total. The number of carbonyl (C=O) groups is 1. The Morgan fingerprint density at radius 3 is 2.62 bits per heavy atom. The van der Waals surface area contributed by atoms with E-state index in [-0.39, 0.29) is 11.5 Å². The summed E-state index contributed by atoms with van der Waals surface area (Å²) >= 11 is 1.26. The van der Waals surface area contributed by atoms with E-state index in [2.05, 4.69) is 10.3 Å². The van der Waals surface area contributed by atoms with Crippen LogP contribution in [0.4, 0.5) is 5.69 Å². The molecule has 0 bridgehead atoms. The fourth-order valence-corrected chi connectivity index (χ4v) is 4.99. The molecule has 0 atom stereocenters. The molecule has 34 heavy (non-hydrogen) atoms. The second kappa shape index (κ2) is 10.2. The van der Waals surface area contributed by atoms with Gasteiger partial charge in [-0.25, -0.2) is 4.98 Å². The second-order valence-corrected chi connectivity index (χ2v) is 9.57. The maximum absolute atomic E-state index is 13.1. The smallest absolute Gasteiger partial charge is 0.266 e. The van der Waals surface area contributed by atoms with Crippen LogP contribution in [0.1, 0.15) is 44.8 Å². The monoisotopic (exact) mass is 475 g/mol. The molecular formula is C27H29N3O3S. The molecule has 0 aliphatic carbocycles. The number of benzene rings is 2. The van der Waals surface area contributed by atoms with Crippen molar-refractivity contribution in [3.8, 4) is 5.75 Å². The van der Waals surface area contributed by atoms with E-state index in [1.54, 1.807) is 10.9 Å². The molecule has 2 aromatic heterocycles. The van der Waals surface area contributed by atoms with E-state index in [9.17, 15) is 9.59 Å². The summed E-state index contributed by atoms with van der Waals surface area (Å²) in [5.74, 6) is 0.676. The summed E-state index contributed by atoms with van der Waals surface area (Å²) in [7, 11) is 0. The SMILES string of the molecule is Cc1ccc(NC(=O)c2sc3ncn(CCCCOc4ccccc4C)c(=O)c3c2C)c(C)c1. The van der Waals surface area contributed by atoms with Crippen LogP contribution in [0.25, 0.3) is 10.2 Å². The maximum atomic E-state index is 13.1. The van der Waals surface area contributed by atoms with Gasteiger partial charge in [-0.05, 0) is 69.4 Å². The molecule has 176 valence electrons. The van der Waals surface area contributed by atoms with Crippen molar-refractivity contribution in [1.82, 2.24) is 9.55 Å². The summed E-state index contributed by atoms with van der Waals surface area (Å²) in [6, 6.07) is 13.8. The van der Waals surface area contributed by atoms with Gasteiger partial charge in [0.25, 0.3) is 11.5 Å². The van der Waals surface area contributed by atoms with Gasteiger partial charge < -0.3 is 10.1 Å². The summed E-state index contributed by atoms with van der Waals surface area (Å²) in [4.78, 5) is 31.7. The molecule has 2 aromatic carbocycles. The zero-order valence-electron chi connectivity index (χ0n) is 20.0. The molecule has 0 unspecified atom stereocenters. The van der Waals surface area contributed by atoms with E-state index in [0.717, 1.165) is 41.0 Å². The lowest BCUT2D eigenvalue weighted by molar-refractivity contribution is 0.103. The summed E-state index contributed by atoms with van der Waals surface area (Å²) < 4.78 is 7.47. The number of aromatic nitrogens is 2. The van der Waals surface area contributed by atoms with Crippen LogP contribution in [0, 0.1) is 27.7 Å². The van der Waals surface area contributed by atoms with Gasteiger partial charge in [0.1, 0.15) is 10.6 Å². The number of fused-ring (bicyclic) bond motifs is 1. The highest BCUT2D eigenvalue weighted by molar-refractivity contribution is 7.20. The molecule has 4 aromatic rings. The standard InChI is InChI=1S/C27H29N3O3S/c1-17-11-12-21(19(3)15-17)29-25(31)24-20(4)23-26(34-24)28-16-30(27(23)32)13-7-8-14-33-22-10-6-5-9-18(22)2/h5-6,9-12,15-16H,7-8,13-14H2,1-4H3,(H,29,31). The number of nitrogens with one attached hydrogen (secondary N) is 1. The number of hydrogen-bond donors (Lipinski definition) is 1. The Balaban J connectivity index is 1.44. The first-order valence-electron chi connectivity index (χ1n) is 11.4. The normalized spacial score (nSPS) is 11.1. The molecule has 0 aliphatic heterocycles. The molecule has 0 saturated carbocycles. The Morgan fingerprint density at radius 1 is 1.06 bits per heavy atom. The summed E-state index contributed by atoms with van der Waals surface area (Å²) in [5, 5.41) is 3.50. The van der Waals surface area contributed by atoms with Gasteiger partial charge in [0.2, 0.25) is 0 Å². The zero-order chi connectivity index (χ0) is 24.2. The van der Waals surface area contributed by atoms with E-state index in [4.69, 9.17) is 4.74 Å². The number of para-hydroxylation sites is 1. The second-order valence-electron chi connectivity index (χ2n) is 8.57. The lowest BCUT2D eigenvalue weighted by atomic mass is 10.1. The molecule has 4 rings (SSSR count). The highest BCUT2D eigenvalue weighted by atomic mass is 32.1. The van der Waals surface area contributed by atoms with Gasteiger partial charge in [0.05, 0.1) is 23.2 Å². The summed E-state index contributed by atoms with van der Waals surface area (Å²) in [6.45, 7) is 8.97. The summed E-state index contributed by atoms with van der Waals surface area (Å²) in [6.07, 6.45) is 3.20. The van der Waals surface area contributed by atoms with Crippen LogP contribution in [0.15, 0.2) is 53.6 Å². The Labute approximate surface area is 203 Å². The molecule has 0 aliphatic rings. The van der Waals surface area contributed by atoms with Gasteiger partial charge in [-0.1, -0.05) is 35.9 Å². The van der Waals surface area contributed by atoms with Crippen molar-refractivity contribution < 1.29 is 9.53 Å². The third-order valence-electron chi connectivity index (χ3n) is 5.90. The maximum Gasteiger partial charge on any atom is 0.266 e. The average molecular weight is 476 g/mol. The van der Waals surface area contributed by atoms with E-state index in [1.165, 1.54) is 11.3 Å². The fourth-order valence-electron chi connectivity index (χ4n) is 3.95. The molecule has 1 amide bonds. The van der Waals surface area contributed by atoms with Gasteiger partial charge in [-0.3, -0.25) is 14.2 Å². The minimum absolute atomic E-state index is 0.107. The van der Waals surface area contributed by atoms with Crippen LogP contribution in [0.3, 0.4) is 0 Å². The van der Waals surface area contributed by atoms with Crippen LogP contribution in [-0.4, -0.2) is 22.1 Å². The number of nitrogens with zero attached hydrogens (tertiary/aromatic N) is 2. The number of amides is 1. The quantitative estimate of drug-likeness (QED) is 0.327. The third kappa shape index (κ3) is 5.04. The number of rotatable bonds is 8. The van der Waals surface area contributed by atoms with Gasteiger partial charge in [-0.2, -0.15) is 0 Å². The number of carbonyl (C=O) groups excluding carboxylic acids is 1. The van der Waals surface area contributed by atoms with Crippen molar-refractivity contribution in [3.63, 3.8) is 0 Å². The third-order valence-corrected chi connectivity index (χ3v) is 7.10. The predicted octanol–water partition coefficient (Wildman–Crippen LogP) is 5.80. The lowest BCUT2D eigenvalue weighted by Crippen LogP contribution is -2.21. The first kappa shape index (κ1) is 23.7. The van der Waals surface area contributed by atoms with Crippen LogP contribution < -0.4 is 15.6 Å². The highest BCUT2D eigenvalue weighted by Gasteiger charge is 2.20. The minimum Gasteiger partial charge on any atom is -0.493 e. The Morgan fingerprint density at radius 2 is 1.85 bits per heavy atom. The number of unbranched alkanes of at least 4 members (excludes halogenated alkanes) is 1. The largest absolute Gasteiger partial charge is 0.493 e. The molecule has 2 heterocycles. The lowest BCUT2D eigenvalue weighted by Gasteiger charge is -2.09. The zero-order valence-corrected chi connectivity index (χ0v) is 20.8. The molecule has 0 radical (unpaired) electrons. The number of thiophene rings is 1. The van der Waals surface area contributed by atoms with Crippen molar-refractivity contribution >= 4 is 33.1 Å². The number of ether oxygens (including phenoxy) is 1. The first-order valence-corrected chi connectivity index (χ1v) is 12.2. The Hall–Kier alpha value is -3.45. The molecule has 0 spiro atoms. The molecular weight excluding hydrogens is 446 g/mol. The number of hydrogen-bond acceptors (Lipinski definition) is 5. The molecule has 6 nitrogen and oxygen atoms in total.